The Balaban J connectivity index is 1.59. The highest BCUT2D eigenvalue weighted by Gasteiger charge is 2.18. The molecule has 0 N–H and O–H groups in total. The predicted molar refractivity (Wildman–Crippen MR) is 102 cm³/mol. The van der Waals surface area contributed by atoms with Gasteiger partial charge < -0.3 is 14.2 Å². The van der Waals surface area contributed by atoms with Crippen LogP contribution in [0.3, 0.4) is 0 Å². The molecule has 0 saturated heterocycles. The van der Waals surface area contributed by atoms with Crippen LogP contribution in [-0.2, 0) is 0 Å². The molecule has 1 aliphatic rings. The third kappa shape index (κ3) is 3.11. The summed E-state index contributed by atoms with van der Waals surface area (Å²) in [5, 5.41) is 1.39. The Kier molecular flexibility index (Phi) is 4.39. The maximum Gasteiger partial charge on any atom is 0.231 e. The highest BCUT2D eigenvalue weighted by atomic mass is 127. The van der Waals surface area contributed by atoms with Crippen LogP contribution >= 0.6 is 34.2 Å². The van der Waals surface area contributed by atoms with Crippen molar-refractivity contribution < 1.29 is 19.0 Å². The molecule has 4 rings (SSSR count). The van der Waals surface area contributed by atoms with E-state index < -0.39 is 0 Å². The molecule has 0 saturated carbocycles. The second-order valence-corrected chi connectivity index (χ2v) is 6.92. The van der Waals surface area contributed by atoms with E-state index in [1.54, 1.807) is 30.5 Å². The summed E-state index contributed by atoms with van der Waals surface area (Å²) in [6.07, 6.45) is 1.67. The van der Waals surface area contributed by atoms with Gasteiger partial charge in [0.2, 0.25) is 6.79 Å². The van der Waals surface area contributed by atoms with Crippen molar-refractivity contribution in [3.63, 3.8) is 0 Å². The fourth-order valence-electron chi connectivity index (χ4n) is 2.57. The number of rotatable bonds is 4. The number of Topliss-reactive ketones (excluding diaryl/α,β-unsaturated/α-hetero) is 1. The molecule has 2 heterocycles. The molecular weight excluding hydrogens is 457 g/mol. The van der Waals surface area contributed by atoms with Crippen molar-refractivity contribution >= 4 is 50.9 Å². The number of aromatic nitrogens is 1. The minimum Gasteiger partial charge on any atom is -0.482 e. The second kappa shape index (κ2) is 6.68. The lowest BCUT2D eigenvalue weighted by Crippen LogP contribution is -2.12. The van der Waals surface area contributed by atoms with Gasteiger partial charge in [0.25, 0.3) is 0 Å². The molecule has 3 aromatic rings. The first-order valence-electron chi connectivity index (χ1n) is 7.42. The van der Waals surface area contributed by atoms with Gasteiger partial charge in [-0.15, -0.1) is 0 Å². The van der Waals surface area contributed by atoms with E-state index in [4.69, 9.17) is 25.8 Å². The zero-order chi connectivity index (χ0) is 17.4. The van der Waals surface area contributed by atoms with E-state index in [0.717, 1.165) is 8.96 Å². The highest BCUT2D eigenvalue weighted by molar-refractivity contribution is 14.1. The Bertz CT molecular complexity index is 992. The van der Waals surface area contributed by atoms with Crippen LogP contribution in [0.2, 0.25) is 5.02 Å². The molecule has 1 aliphatic heterocycles. The normalized spacial score (nSPS) is 12.4. The van der Waals surface area contributed by atoms with Crippen LogP contribution in [0, 0.1) is 3.57 Å². The van der Waals surface area contributed by atoms with Crippen LogP contribution in [0.1, 0.15) is 10.4 Å². The summed E-state index contributed by atoms with van der Waals surface area (Å²) in [5.74, 6) is 1.60. The minimum absolute atomic E-state index is 0.108. The lowest BCUT2D eigenvalue weighted by molar-refractivity contribution is 0.0921. The molecule has 0 spiro atoms. The number of pyridine rings is 1. The highest BCUT2D eigenvalue weighted by Crippen LogP contribution is 2.35. The quantitative estimate of drug-likeness (QED) is 0.418. The molecule has 5 nitrogen and oxygen atoms in total. The fourth-order valence-corrected chi connectivity index (χ4v) is 3.74. The van der Waals surface area contributed by atoms with Gasteiger partial charge in [0, 0.05) is 17.1 Å². The van der Waals surface area contributed by atoms with Crippen molar-refractivity contribution in [1.29, 1.82) is 0 Å². The van der Waals surface area contributed by atoms with E-state index >= 15 is 0 Å². The average Bonchev–Trinajstić information content (AvgIpc) is 3.09. The monoisotopic (exact) mass is 467 g/mol. The van der Waals surface area contributed by atoms with Gasteiger partial charge in [-0.2, -0.15) is 0 Å². The number of benzene rings is 2. The molecule has 0 unspecified atom stereocenters. The second-order valence-electron chi connectivity index (χ2n) is 5.35. The number of ketones is 1. The molecule has 126 valence electrons. The van der Waals surface area contributed by atoms with Gasteiger partial charge in [-0.3, -0.25) is 9.78 Å². The maximum absolute atomic E-state index is 12.5. The third-order valence-corrected chi connectivity index (χ3v) is 4.91. The van der Waals surface area contributed by atoms with Crippen LogP contribution in [0.5, 0.6) is 17.2 Å². The van der Waals surface area contributed by atoms with Crippen molar-refractivity contribution in [3.05, 3.63) is 56.8 Å². The standard InChI is InChI=1S/C18H11ClINO4/c19-12-7-13(20)18(17-11(12)2-1-5-21-17)23-8-14(22)10-3-4-15-16(6-10)25-9-24-15/h1-7H,8-9H2. The third-order valence-electron chi connectivity index (χ3n) is 3.79. The number of carbonyl (C=O) groups excluding carboxylic acids is 1. The Morgan fingerprint density at radius 2 is 2.08 bits per heavy atom. The van der Waals surface area contributed by atoms with Crippen LogP contribution in [0.4, 0.5) is 0 Å². The van der Waals surface area contributed by atoms with Crippen LogP contribution in [0.15, 0.2) is 42.6 Å². The van der Waals surface area contributed by atoms with Crippen molar-refractivity contribution in [3.8, 4) is 17.2 Å². The number of hydrogen-bond acceptors (Lipinski definition) is 5. The van der Waals surface area contributed by atoms with Gasteiger partial charge in [0.15, 0.2) is 29.6 Å². The molecule has 0 radical (unpaired) electrons. The molecule has 0 atom stereocenters. The Hall–Kier alpha value is -2.06. The number of halogens is 2. The predicted octanol–water partition coefficient (Wildman–Crippen LogP) is 4.48. The molecule has 1 aromatic heterocycles. The summed E-state index contributed by atoms with van der Waals surface area (Å²) in [5.41, 5.74) is 1.14. The first-order valence-corrected chi connectivity index (χ1v) is 8.87. The Morgan fingerprint density at radius 3 is 2.96 bits per heavy atom. The largest absolute Gasteiger partial charge is 0.482 e. The van der Waals surface area contributed by atoms with Crippen LogP contribution in [0.25, 0.3) is 10.9 Å². The van der Waals surface area contributed by atoms with E-state index in [0.29, 0.717) is 33.4 Å². The first-order chi connectivity index (χ1) is 12.1. The van der Waals surface area contributed by atoms with Gasteiger partial charge in [-0.05, 0) is 59.0 Å². The van der Waals surface area contributed by atoms with Gasteiger partial charge in [-0.25, -0.2) is 0 Å². The maximum atomic E-state index is 12.5. The van der Waals surface area contributed by atoms with Crippen molar-refractivity contribution in [2.24, 2.45) is 0 Å². The van der Waals surface area contributed by atoms with Crippen LogP contribution < -0.4 is 14.2 Å². The summed E-state index contributed by atoms with van der Waals surface area (Å²) in [6, 6.07) is 10.6. The Labute approximate surface area is 162 Å². The SMILES string of the molecule is O=C(COc1c(I)cc(Cl)c2cccnc12)c1ccc2c(c1)OCO2. The van der Waals surface area contributed by atoms with E-state index in [1.807, 2.05) is 12.1 Å². The van der Waals surface area contributed by atoms with E-state index in [-0.39, 0.29) is 19.2 Å². The Morgan fingerprint density at radius 1 is 1.24 bits per heavy atom. The first kappa shape index (κ1) is 16.4. The molecule has 0 fully saturated rings. The molecular formula is C18H11ClINO4. The molecule has 0 bridgehead atoms. The lowest BCUT2D eigenvalue weighted by Gasteiger charge is -2.11. The zero-order valence-corrected chi connectivity index (χ0v) is 15.7. The van der Waals surface area contributed by atoms with E-state index in [1.165, 1.54) is 0 Å². The number of fused-ring (bicyclic) bond motifs is 2. The minimum atomic E-state index is -0.159. The number of nitrogens with zero attached hydrogens (tertiary/aromatic N) is 1. The van der Waals surface area contributed by atoms with Gasteiger partial charge in [-0.1, -0.05) is 11.6 Å². The van der Waals surface area contributed by atoms with Crippen LogP contribution in [-0.4, -0.2) is 24.2 Å². The van der Waals surface area contributed by atoms with E-state index in [9.17, 15) is 4.79 Å². The summed E-state index contributed by atoms with van der Waals surface area (Å²) >= 11 is 8.38. The van der Waals surface area contributed by atoms with Gasteiger partial charge in [0.05, 0.1) is 8.59 Å². The van der Waals surface area contributed by atoms with Crippen molar-refractivity contribution in [2.75, 3.05) is 13.4 Å². The molecule has 7 heteroatoms. The smallest absolute Gasteiger partial charge is 0.231 e. The number of hydrogen-bond donors (Lipinski definition) is 0. The zero-order valence-electron chi connectivity index (χ0n) is 12.8. The topological polar surface area (TPSA) is 57.7 Å². The van der Waals surface area contributed by atoms with Crippen molar-refractivity contribution in [1.82, 2.24) is 4.98 Å². The van der Waals surface area contributed by atoms with Gasteiger partial charge >= 0.3 is 0 Å². The number of ether oxygens (including phenoxy) is 3. The molecule has 2 aromatic carbocycles. The van der Waals surface area contributed by atoms with E-state index in [2.05, 4.69) is 27.6 Å². The summed E-state index contributed by atoms with van der Waals surface area (Å²) in [6.45, 7) is 0.0626. The molecule has 25 heavy (non-hydrogen) atoms. The number of carbonyl (C=O) groups is 1. The summed E-state index contributed by atoms with van der Waals surface area (Å²) < 4.78 is 17.1. The molecule has 0 amide bonds. The average molecular weight is 468 g/mol. The fraction of sp³-hybridized carbons (Fsp3) is 0.111. The molecule has 0 aliphatic carbocycles. The van der Waals surface area contributed by atoms with Crippen molar-refractivity contribution in [2.45, 2.75) is 0 Å². The van der Waals surface area contributed by atoms with Gasteiger partial charge in [0.1, 0.15) is 5.52 Å². The lowest BCUT2D eigenvalue weighted by atomic mass is 10.1. The summed E-state index contributed by atoms with van der Waals surface area (Å²) in [7, 11) is 0. The summed E-state index contributed by atoms with van der Waals surface area (Å²) in [4.78, 5) is 16.8.